The third kappa shape index (κ3) is 9.94. The molecule has 6 aliphatic rings. The predicted octanol–water partition coefficient (Wildman–Crippen LogP) is -2.72. The quantitative estimate of drug-likeness (QED) is 0.0583. The molecule has 6 rings (SSSR count). The third-order valence-corrected chi connectivity index (χ3v) is 12.9. The predicted molar refractivity (Wildman–Crippen MR) is 190 cm³/mol. The maximum atomic E-state index is 12.6. The summed E-state index contributed by atoms with van der Waals surface area (Å²) in [5, 5.41) is 96.6. The van der Waals surface area contributed by atoms with Crippen molar-refractivity contribution in [1.29, 1.82) is 0 Å². The van der Waals surface area contributed by atoms with Crippen LogP contribution >= 0.6 is 0 Å². The Morgan fingerprint density at radius 2 is 1.38 bits per heavy atom. The van der Waals surface area contributed by atoms with Gasteiger partial charge in [0.05, 0.1) is 49.1 Å². The molecular formula is C38H63O18+. The van der Waals surface area contributed by atoms with Crippen molar-refractivity contribution in [1.82, 2.24) is 0 Å². The van der Waals surface area contributed by atoms with Crippen LogP contribution in [0.3, 0.4) is 0 Å². The van der Waals surface area contributed by atoms with Crippen molar-refractivity contribution in [3.05, 3.63) is 12.2 Å². The van der Waals surface area contributed by atoms with Crippen molar-refractivity contribution < 1.29 is 88.6 Å². The molecule has 56 heavy (non-hydrogen) atoms. The monoisotopic (exact) mass is 807 g/mol. The van der Waals surface area contributed by atoms with E-state index in [-0.39, 0.29) is 42.8 Å². The van der Waals surface area contributed by atoms with Crippen LogP contribution in [-0.4, -0.2) is 194 Å². The minimum Gasteiger partial charge on any atom is -0.454 e. The number of hydrogen-bond donors (Lipinski definition) is 9. The van der Waals surface area contributed by atoms with Crippen LogP contribution in [0.15, 0.2) is 12.2 Å². The van der Waals surface area contributed by atoms with Gasteiger partial charge in [-0.25, -0.2) is 4.79 Å². The average Bonchev–Trinajstić information content (AvgIpc) is 3.17. The summed E-state index contributed by atoms with van der Waals surface area (Å²) in [6.07, 6.45) is -13.2. The van der Waals surface area contributed by atoms with Gasteiger partial charge in [-0.1, -0.05) is 6.08 Å². The zero-order chi connectivity index (χ0) is 40.4. The molecule has 18 unspecified atom stereocenters. The highest BCUT2D eigenvalue weighted by Crippen LogP contribution is 2.43. The summed E-state index contributed by atoms with van der Waals surface area (Å²) in [7, 11) is 2.99. The first-order valence-corrected chi connectivity index (χ1v) is 20.0. The molecule has 322 valence electrons. The molecule has 3 saturated carbocycles. The van der Waals surface area contributed by atoms with Gasteiger partial charge in [0.1, 0.15) is 48.8 Å². The minimum absolute atomic E-state index is 0.117. The highest BCUT2D eigenvalue weighted by Gasteiger charge is 2.56. The zero-order valence-electron chi connectivity index (χ0n) is 32.2. The third-order valence-electron chi connectivity index (χ3n) is 12.9. The summed E-state index contributed by atoms with van der Waals surface area (Å²) in [4.78, 5) is 12.6. The van der Waals surface area contributed by atoms with Crippen molar-refractivity contribution in [2.75, 3.05) is 20.8 Å². The van der Waals surface area contributed by atoms with Crippen LogP contribution in [0.4, 0.5) is 0 Å². The summed E-state index contributed by atoms with van der Waals surface area (Å²) in [6, 6.07) is 0. The highest BCUT2D eigenvalue weighted by atomic mass is 16.7. The van der Waals surface area contributed by atoms with Gasteiger partial charge >= 0.3 is 5.97 Å². The number of ether oxygens (including phenoxy) is 8. The van der Waals surface area contributed by atoms with Crippen molar-refractivity contribution in [3.8, 4) is 0 Å². The van der Waals surface area contributed by atoms with Gasteiger partial charge in [0.25, 0.3) is 0 Å². The van der Waals surface area contributed by atoms with Crippen LogP contribution < -0.4 is 0 Å². The summed E-state index contributed by atoms with van der Waals surface area (Å²) >= 11 is 0. The van der Waals surface area contributed by atoms with E-state index in [1.165, 1.54) is 27.2 Å². The first-order chi connectivity index (χ1) is 26.7. The van der Waals surface area contributed by atoms with Crippen LogP contribution in [-0.2, 0) is 38.0 Å². The lowest BCUT2D eigenvalue weighted by atomic mass is 9.72. The number of rotatable bonds is 11. The van der Waals surface area contributed by atoms with Gasteiger partial charge in [-0.15, -0.1) is 0 Å². The molecular weight excluding hydrogens is 744 g/mol. The number of allylic oxidation sites excluding steroid dienone is 1. The van der Waals surface area contributed by atoms with E-state index < -0.39 is 117 Å². The molecule has 6 fully saturated rings. The molecule has 0 bridgehead atoms. The van der Waals surface area contributed by atoms with Crippen LogP contribution in [0.25, 0.3) is 0 Å². The maximum absolute atomic E-state index is 12.6. The SMILES string of the molecule is COC1CC(C2[OH+]C3CC(O)CC(O)C3CC2OC2OC(COC3OC(C)C(OC(=O)C=CC4CCC(O)CC4)C(O)C3O)C(O)C(O)C2O)CC(OC)C1O. The zero-order valence-corrected chi connectivity index (χ0v) is 32.2. The lowest BCUT2D eigenvalue weighted by Crippen LogP contribution is -2.64. The molecule has 0 aromatic carbocycles. The fraction of sp³-hybridized carbons (Fsp3) is 0.921. The van der Waals surface area contributed by atoms with E-state index in [0.717, 1.165) is 12.8 Å². The van der Waals surface area contributed by atoms with Crippen LogP contribution in [0.1, 0.15) is 64.7 Å². The second-order valence-electron chi connectivity index (χ2n) is 16.6. The molecule has 3 saturated heterocycles. The Bertz CT molecular complexity index is 1270. The molecule has 3 aliphatic carbocycles. The summed E-state index contributed by atoms with van der Waals surface area (Å²) in [5.74, 6) is -1.22. The van der Waals surface area contributed by atoms with Crippen molar-refractivity contribution >= 4 is 5.97 Å². The minimum atomic E-state index is -1.75. The number of hydrogen-bond acceptors (Lipinski definition) is 17. The number of carbonyl (C=O) groups excluding carboxylic acids is 1. The Labute approximate surface area is 326 Å². The smallest absolute Gasteiger partial charge is 0.330 e. The van der Waals surface area contributed by atoms with Crippen LogP contribution in [0.2, 0.25) is 0 Å². The molecule has 0 aromatic heterocycles. The molecule has 3 aliphatic heterocycles. The number of esters is 1. The van der Waals surface area contributed by atoms with E-state index in [4.69, 9.17) is 37.9 Å². The molecule has 18 atom stereocenters. The highest BCUT2D eigenvalue weighted by molar-refractivity contribution is 5.82. The largest absolute Gasteiger partial charge is 0.454 e. The molecule has 3 heterocycles. The van der Waals surface area contributed by atoms with Gasteiger partial charge in [-0.05, 0) is 57.8 Å². The van der Waals surface area contributed by atoms with E-state index in [9.17, 15) is 50.8 Å². The van der Waals surface area contributed by atoms with Crippen molar-refractivity contribution in [2.45, 2.75) is 181 Å². The lowest BCUT2D eigenvalue weighted by molar-refractivity contribution is -0.363. The summed E-state index contributed by atoms with van der Waals surface area (Å²) < 4.78 is 45.6. The van der Waals surface area contributed by atoms with Gasteiger partial charge in [0.15, 0.2) is 30.9 Å². The second-order valence-corrected chi connectivity index (χ2v) is 16.6. The Balaban J connectivity index is 1.09. The number of methoxy groups -OCH3 is 2. The van der Waals surface area contributed by atoms with E-state index in [0.29, 0.717) is 32.1 Å². The van der Waals surface area contributed by atoms with Gasteiger partial charge in [0.2, 0.25) is 0 Å². The van der Waals surface area contributed by atoms with Gasteiger partial charge in [-0.2, -0.15) is 0 Å². The number of aliphatic hydroxyl groups is 11. The number of fused-ring (bicyclic) bond motifs is 1. The lowest BCUT2D eigenvalue weighted by Gasteiger charge is -2.49. The molecule has 0 spiro atoms. The van der Waals surface area contributed by atoms with Crippen molar-refractivity contribution in [3.63, 3.8) is 0 Å². The Morgan fingerprint density at radius 3 is 2.04 bits per heavy atom. The normalized spacial score (nSPS) is 50.4. The molecule has 0 radical (unpaired) electrons. The van der Waals surface area contributed by atoms with E-state index >= 15 is 0 Å². The molecule has 0 amide bonds. The first kappa shape index (κ1) is 44.1. The summed E-state index contributed by atoms with van der Waals surface area (Å²) in [6.45, 7) is 1.04. The van der Waals surface area contributed by atoms with Crippen molar-refractivity contribution in [2.24, 2.45) is 17.8 Å². The van der Waals surface area contributed by atoms with Gasteiger partial charge in [0, 0.05) is 39.1 Å². The number of aliphatic hydroxyl groups excluding tert-OH is 9. The second kappa shape index (κ2) is 19.3. The molecule has 18 heteroatoms. The van der Waals surface area contributed by atoms with Gasteiger partial charge in [-0.3, -0.25) is 0 Å². The fourth-order valence-electron chi connectivity index (χ4n) is 9.51. The average molecular weight is 808 g/mol. The maximum Gasteiger partial charge on any atom is 0.330 e. The van der Waals surface area contributed by atoms with Crippen LogP contribution in [0.5, 0.6) is 0 Å². The van der Waals surface area contributed by atoms with E-state index in [1.807, 2.05) is 0 Å². The number of carbonyl (C=O) groups is 1. The van der Waals surface area contributed by atoms with Gasteiger partial charge < -0.3 is 83.9 Å². The first-order valence-electron chi connectivity index (χ1n) is 20.0. The molecule has 10 N–H and O–H groups in total. The fourth-order valence-corrected chi connectivity index (χ4v) is 9.51. The van der Waals surface area contributed by atoms with E-state index in [1.54, 1.807) is 6.08 Å². The topological polar surface area (TPSA) is 277 Å². The Hall–Kier alpha value is -1.43. The Kier molecular flexibility index (Phi) is 15.2. The molecule has 18 nitrogen and oxygen atoms in total. The Morgan fingerprint density at radius 1 is 0.714 bits per heavy atom. The van der Waals surface area contributed by atoms with E-state index in [2.05, 4.69) is 0 Å². The standard InChI is InChI=1S/C38H62O18/c1-16-35(56-28(42)9-6-17-4-7-19(39)8-5-17)32(46)34(48)37(52-16)51-15-27-30(44)31(45)33(47)38(55-27)54-26-14-21-22(41)12-20(40)13-23(21)53-36(26)18-10-24(49-2)29(43)25(11-18)50-3/h6,9,16-27,29-41,43-48H,4-5,7-8,10-15H2,1-3H3/p+1. The summed E-state index contributed by atoms with van der Waals surface area (Å²) in [5.41, 5.74) is 0. The van der Waals surface area contributed by atoms with Crippen LogP contribution in [0, 0.1) is 17.8 Å². The molecule has 0 aromatic rings.